The Morgan fingerprint density at radius 2 is 1.29 bits per heavy atom. The molecule has 0 heterocycles. The zero-order valence-electron chi connectivity index (χ0n) is 18.5. The van der Waals surface area contributed by atoms with Crippen molar-refractivity contribution >= 4 is 0 Å². The van der Waals surface area contributed by atoms with E-state index in [9.17, 15) is 35.1 Å². The van der Waals surface area contributed by atoms with Crippen LogP contribution in [0.5, 0.6) is 5.75 Å². The fraction of sp³-hybridized carbons (Fsp3) is 0.308. The van der Waals surface area contributed by atoms with E-state index >= 15 is 0 Å². The maximum absolute atomic E-state index is 14.9. The minimum atomic E-state index is -3.82. The molecular formula is C26H20F8O. The molecule has 0 unspecified atom stereocenters. The smallest absolute Gasteiger partial charge is 0.400 e. The van der Waals surface area contributed by atoms with E-state index in [-0.39, 0.29) is 42.4 Å². The quantitative estimate of drug-likeness (QED) is 0.252. The molecule has 0 aromatic heterocycles. The van der Waals surface area contributed by atoms with Gasteiger partial charge in [0.05, 0.1) is 5.92 Å². The van der Waals surface area contributed by atoms with Gasteiger partial charge >= 0.3 is 6.11 Å². The molecule has 3 aromatic carbocycles. The Morgan fingerprint density at radius 3 is 1.89 bits per heavy atom. The first-order valence-electron chi connectivity index (χ1n) is 10.9. The lowest BCUT2D eigenvalue weighted by molar-refractivity contribution is -0.222. The predicted octanol–water partition coefficient (Wildman–Crippen LogP) is 8.44. The average Bonchev–Trinajstić information content (AvgIpc) is 2.79. The van der Waals surface area contributed by atoms with Crippen LogP contribution >= 0.6 is 0 Å². The SMILES string of the molecule is Cc1ccc(-c2ccc(C3CCC(C(F)(F)Oc4cc(F)c(F)c(F)c4)CC3)c(F)c2F)c(F)c1. The molecule has 1 saturated carbocycles. The summed E-state index contributed by atoms with van der Waals surface area (Å²) in [6.07, 6.45) is -3.95. The van der Waals surface area contributed by atoms with Crippen molar-refractivity contribution in [1.82, 2.24) is 0 Å². The van der Waals surface area contributed by atoms with Crippen LogP contribution in [0.4, 0.5) is 35.1 Å². The second kappa shape index (κ2) is 9.51. The summed E-state index contributed by atoms with van der Waals surface area (Å²) < 4.78 is 117. The van der Waals surface area contributed by atoms with Gasteiger partial charge in [0.2, 0.25) is 0 Å². The highest BCUT2D eigenvalue weighted by molar-refractivity contribution is 5.66. The van der Waals surface area contributed by atoms with Gasteiger partial charge in [-0.2, -0.15) is 8.78 Å². The minimum absolute atomic E-state index is 0.00383. The van der Waals surface area contributed by atoms with E-state index < -0.39 is 58.6 Å². The number of ether oxygens (including phenoxy) is 1. The lowest BCUT2D eigenvalue weighted by atomic mass is 9.77. The molecule has 9 heteroatoms. The van der Waals surface area contributed by atoms with Crippen molar-refractivity contribution in [1.29, 1.82) is 0 Å². The van der Waals surface area contributed by atoms with Crippen LogP contribution in [0.25, 0.3) is 11.1 Å². The van der Waals surface area contributed by atoms with Crippen LogP contribution in [0, 0.1) is 47.7 Å². The number of halogens is 8. The van der Waals surface area contributed by atoms with Crippen LogP contribution in [0.2, 0.25) is 0 Å². The summed E-state index contributed by atoms with van der Waals surface area (Å²) >= 11 is 0. The highest BCUT2D eigenvalue weighted by Crippen LogP contribution is 2.44. The molecule has 0 saturated heterocycles. The number of hydrogen-bond acceptors (Lipinski definition) is 1. The Bertz CT molecular complexity index is 1230. The molecule has 0 amide bonds. The summed E-state index contributed by atoms with van der Waals surface area (Å²) in [6.45, 7) is 1.66. The summed E-state index contributed by atoms with van der Waals surface area (Å²) in [4.78, 5) is 0. The molecule has 0 N–H and O–H groups in total. The number of alkyl halides is 2. The van der Waals surface area contributed by atoms with Gasteiger partial charge in [0.15, 0.2) is 29.1 Å². The van der Waals surface area contributed by atoms with Crippen LogP contribution in [0.3, 0.4) is 0 Å². The van der Waals surface area contributed by atoms with E-state index in [1.807, 2.05) is 0 Å². The third kappa shape index (κ3) is 4.99. The van der Waals surface area contributed by atoms with Gasteiger partial charge in [-0.3, -0.25) is 0 Å². The second-order valence-electron chi connectivity index (χ2n) is 8.73. The predicted molar refractivity (Wildman–Crippen MR) is 113 cm³/mol. The third-order valence-corrected chi connectivity index (χ3v) is 6.38. The van der Waals surface area contributed by atoms with Gasteiger partial charge in [-0.15, -0.1) is 0 Å². The molecule has 4 rings (SSSR count). The molecule has 1 fully saturated rings. The summed E-state index contributed by atoms with van der Waals surface area (Å²) in [7, 11) is 0. The Labute approximate surface area is 196 Å². The largest absolute Gasteiger partial charge is 0.432 e. The van der Waals surface area contributed by atoms with E-state index in [0.717, 1.165) is 0 Å². The number of benzene rings is 3. The van der Waals surface area contributed by atoms with Crippen molar-refractivity contribution in [2.45, 2.75) is 44.6 Å². The maximum Gasteiger partial charge on any atom is 0.400 e. The van der Waals surface area contributed by atoms with Crippen molar-refractivity contribution in [3.05, 3.63) is 88.5 Å². The fourth-order valence-corrected chi connectivity index (χ4v) is 4.50. The minimum Gasteiger partial charge on any atom is -0.432 e. The van der Waals surface area contributed by atoms with Gasteiger partial charge in [0.25, 0.3) is 0 Å². The maximum atomic E-state index is 14.9. The Morgan fingerprint density at radius 1 is 0.686 bits per heavy atom. The third-order valence-electron chi connectivity index (χ3n) is 6.38. The normalized spacial score (nSPS) is 18.5. The van der Waals surface area contributed by atoms with Gasteiger partial charge in [-0.05, 0) is 55.7 Å². The van der Waals surface area contributed by atoms with Crippen LogP contribution in [0.1, 0.15) is 42.7 Å². The molecular weight excluding hydrogens is 480 g/mol. The summed E-state index contributed by atoms with van der Waals surface area (Å²) in [5.74, 6) is -11.0. The van der Waals surface area contributed by atoms with Gasteiger partial charge in [-0.1, -0.05) is 24.3 Å². The number of hydrogen-bond donors (Lipinski definition) is 0. The first-order valence-corrected chi connectivity index (χ1v) is 10.9. The molecule has 0 radical (unpaired) electrons. The molecule has 186 valence electrons. The van der Waals surface area contributed by atoms with E-state index in [1.165, 1.54) is 24.3 Å². The lowest BCUT2D eigenvalue weighted by Crippen LogP contribution is -2.37. The molecule has 1 nitrogen and oxygen atoms in total. The first kappa shape index (κ1) is 25.0. The fourth-order valence-electron chi connectivity index (χ4n) is 4.50. The summed E-state index contributed by atoms with van der Waals surface area (Å²) in [6, 6.07) is 7.39. The van der Waals surface area contributed by atoms with Gasteiger partial charge in [0, 0.05) is 23.3 Å². The lowest BCUT2D eigenvalue weighted by Gasteiger charge is -2.33. The van der Waals surface area contributed by atoms with Crippen LogP contribution in [-0.2, 0) is 0 Å². The Balaban J connectivity index is 1.48. The van der Waals surface area contributed by atoms with Crippen LogP contribution < -0.4 is 4.74 Å². The molecule has 3 aromatic rings. The molecule has 0 spiro atoms. The highest BCUT2D eigenvalue weighted by Gasteiger charge is 2.44. The van der Waals surface area contributed by atoms with E-state index in [2.05, 4.69) is 4.74 Å². The van der Waals surface area contributed by atoms with Gasteiger partial charge in [0.1, 0.15) is 11.6 Å². The molecule has 0 aliphatic heterocycles. The Hall–Kier alpha value is -3.10. The molecule has 35 heavy (non-hydrogen) atoms. The topological polar surface area (TPSA) is 9.23 Å². The number of aryl methyl sites for hydroxylation is 1. The zero-order valence-corrected chi connectivity index (χ0v) is 18.5. The molecule has 1 aliphatic carbocycles. The van der Waals surface area contributed by atoms with E-state index in [0.29, 0.717) is 17.7 Å². The van der Waals surface area contributed by atoms with E-state index in [1.54, 1.807) is 13.0 Å². The molecule has 1 aliphatic rings. The van der Waals surface area contributed by atoms with Gasteiger partial charge in [-0.25, -0.2) is 26.3 Å². The zero-order chi connectivity index (χ0) is 25.5. The monoisotopic (exact) mass is 500 g/mol. The van der Waals surface area contributed by atoms with Crippen LogP contribution in [0.15, 0.2) is 42.5 Å². The summed E-state index contributed by atoms with van der Waals surface area (Å²) in [5.41, 5.74) is 0.295. The van der Waals surface area contributed by atoms with Gasteiger partial charge < -0.3 is 4.74 Å². The van der Waals surface area contributed by atoms with Crippen molar-refractivity contribution in [2.75, 3.05) is 0 Å². The average molecular weight is 500 g/mol. The van der Waals surface area contributed by atoms with Crippen molar-refractivity contribution in [3.8, 4) is 16.9 Å². The first-order chi connectivity index (χ1) is 16.5. The van der Waals surface area contributed by atoms with Crippen molar-refractivity contribution < 1.29 is 39.9 Å². The standard InChI is InChI=1S/C26H20F8O/c1-13-2-7-18(20(27)10-13)19-9-8-17(23(30)24(19)31)14-3-5-15(6-4-14)26(33,34)35-16-11-21(28)25(32)22(29)12-16/h2,7-12,14-15H,3-6H2,1H3. The Kier molecular flexibility index (Phi) is 6.79. The van der Waals surface area contributed by atoms with Crippen molar-refractivity contribution in [2.24, 2.45) is 5.92 Å². The second-order valence-corrected chi connectivity index (χ2v) is 8.73. The summed E-state index contributed by atoms with van der Waals surface area (Å²) in [5, 5.41) is 0. The molecule has 0 bridgehead atoms. The highest BCUT2D eigenvalue weighted by atomic mass is 19.3. The number of rotatable bonds is 5. The molecule has 0 atom stereocenters. The van der Waals surface area contributed by atoms with E-state index in [4.69, 9.17) is 0 Å². The van der Waals surface area contributed by atoms with Crippen molar-refractivity contribution in [3.63, 3.8) is 0 Å². The van der Waals surface area contributed by atoms with Crippen LogP contribution in [-0.4, -0.2) is 6.11 Å².